The molecule has 0 spiro atoms. The van der Waals surface area contributed by atoms with Crippen LogP contribution in [-0.2, 0) is 4.79 Å². The van der Waals surface area contributed by atoms with Gasteiger partial charge < -0.3 is 14.6 Å². The Bertz CT molecular complexity index is 853. The zero-order valence-corrected chi connectivity index (χ0v) is 16.0. The number of amides is 2. The third-order valence-electron chi connectivity index (χ3n) is 5.60. The summed E-state index contributed by atoms with van der Waals surface area (Å²) in [5.41, 5.74) is 0.593. The Labute approximate surface area is 163 Å². The molecule has 8 nitrogen and oxygen atoms in total. The molecule has 148 valence electrons. The van der Waals surface area contributed by atoms with Crippen LogP contribution >= 0.6 is 0 Å². The first-order valence-electron chi connectivity index (χ1n) is 9.57. The van der Waals surface area contributed by atoms with Crippen molar-refractivity contribution in [2.45, 2.75) is 38.8 Å². The van der Waals surface area contributed by atoms with E-state index in [1.807, 2.05) is 0 Å². The van der Waals surface area contributed by atoms with Gasteiger partial charge in [0.1, 0.15) is 5.75 Å². The summed E-state index contributed by atoms with van der Waals surface area (Å²) in [6, 6.07) is 8.94. The van der Waals surface area contributed by atoms with E-state index in [1.165, 1.54) is 13.0 Å². The van der Waals surface area contributed by atoms with Gasteiger partial charge in [0.2, 0.25) is 11.8 Å². The van der Waals surface area contributed by atoms with E-state index in [1.54, 1.807) is 24.3 Å². The first-order valence-corrected chi connectivity index (χ1v) is 9.57. The van der Waals surface area contributed by atoms with Crippen molar-refractivity contribution in [2.75, 3.05) is 18.4 Å². The molecule has 0 aliphatic carbocycles. The maximum absolute atomic E-state index is 12.7. The number of hydrogen-bond donors (Lipinski definition) is 2. The highest BCUT2D eigenvalue weighted by Gasteiger charge is 2.40. The number of aromatic nitrogens is 1. The lowest BCUT2D eigenvalue weighted by Gasteiger charge is -2.49. The van der Waals surface area contributed by atoms with E-state index in [0.717, 1.165) is 25.9 Å². The Kier molecular flexibility index (Phi) is 5.04. The predicted molar refractivity (Wildman–Crippen MR) is 102 cm³/mol. The van der Waals surface area contributed by atoms with Crippen molar-refractivity contribution in [1.82, 2.24) is 15.4 Å². The minimum Gasteiger partial charge on any atom is -0.436 e. The molecule has 0 saturated carbocycles. The van der Waals surface area contributed by atoms with Gasteiger partial charge >= 0.3 is 0 Å². The number of anilines is 1. The van der Waals surface area contributed by atoms with E-state index in [0.29, 0.717) is 23.3 Å². The number of carbonyl (C=O) groups excluding carboxylic acids is 2. The van der Waals surface area contributed by atoms with E-state index < -0.39 is 0 Å². The molecule has 3 aliphatic heterocycles. The molecule has 1 aromatic carbocycles. The number of nitrogens with zero attached hydrogens (tertiary/aromatic N) is 2. The minimum atomic E-state index is -0.254. The van der Waals surface area contributed by atoms with Crippen LogP contribution in [0.3, 0.4) is 0 Å². The van der Waals surface area contributed by atoms with Gasteiger partial charge in [0, 0.05) is 24.6 Å². The predicted octanol–water partition coefficient (Wildman–Crippen LogP) is 2.64. The lowest BCUT2D eigenvalue weighted by Crippen LogP contribution is -2.62. The van der Waals surface area contributed by atoms with Crippen LogP contribution in [0.4, 0.5) is 5.88 Å². The second kappa shape index (κ2) is 7.63. The van der Waals surface area contributed by atoms with Gasteiger partial charge in [-0.15, -0.1) is 0 Å². The Balaban J connectivity index is 1.37. The van der Waals surface area contributed by atoms with Gasteiger partial charge in [0.25, 0.3) is 11.8 Å². The Morgan fingerprint density at radius 2 is 1.93 bits per heavy atom. The molecule has 2 N–H and O–H groups in total. The Morgan fingerprint density at radius 1 is 1.21 bits per heavy atom. The molecule has 5 rings (SSSR count). The fraction of sp³-hybridized carbons (Fsp3) is 0.450. The summed E-state index contributed by atoms with van der Waals surface area (Å²) in [5, 5.41) is 9.44. The molecular weight excluding hydrogens is 360 g/mol. The van der Waals surface area contributed by atoms with Gasteiger partial charge in [-0.25, -0.2) is 0 Å². The normalized spacial score (nSPS) is 25.9. The lowest BCUT2D eigenvalue weighted by molar-refractivity contribution is -0.114. The topological polar surface area (TPSA) is 96.7 Å². The van der Waals surface area contributed by atoms with Gasteiger partial charge in [-0.05, 0) is 68.2 Å². The third kappa shape index (κ3) is 3.87. The van der Waals surface area contributed by atoms with Crippen LogP contribution in [0.2, 0.25) is 0 Å². The van der Waals surface area contributed by atoms with Crippen molar-refractivity contribution in [3.05, 3.63) is 35.9 Å². The highest BCUT2D eigenvalue weighted by molar-refractivity contribution is 5.94. The maximum Gasteiger partial charge on any atom is 0.261 e. The fourth-order valence-corrected chi connectivity index (χ4v) is 4.11. The van der Waals surface area contributed by atoms with Crippen molar-refractivity contribution >= 4 is 17.7 Å². The van der Waals surface area contributed by atoms with Crippen LogP contribution in [0.25, 0.3) is 0 Å². The van der Waals surface area contributed by atoms with E-state index in [2.05, 4.69) is 27.6 Å². The molecule has 3 aliphatic rings. The van der Waals surface area contributed by atoms with E-state index in [9.17, 15) is 9.59 Å². The SMILES string of the molecule is CC(=O)Nc1cc(Oc2ccc(C(=O)N[C@@H]3C4CCN(CC4)[C@H]3C)cc2)no1. The number of carbonyl (C=O) groups is 2. The van der Waals surface area contributed by atoms with Crippen LogP contribution in [0.5, 0.6) is 11.6 Å². The number of benzene rings is 1. The first kappa shape index (κ1) is 18.5. The summed E-state index contributed by atoms with van der Waals surface area (Å²) >= 11 is 0. The number of nitrogens with one attached hydrogen (secondary N) is 2. The van der Waals surface area contributed by atoms with E-state index in [4.69, 9.17) is 9.26 Å². The molecule has 2 amide bonds. The molecule has 2 aromatic rings. The number of hydrogen-bond acceptors (Lipinski definition) is 6. The number of fused-ring (bicyclic) bond motifs is 3. The molecule has 3 fully saturated rings. The molecule has 2 atom stereocenters. The van der Waals surface area contributed by atoms with Gasteiger partial charge in [0.15, 0.2) is 0 Å². The zero-order valence-electron chi connectivity index (χ0n) is 16.0. The molecular formula is C20H24N4O4. The van der Waals surface area contributed by atoms with Crippen molar-refractivity contribution in [2.24, 2.45) is 5.92 Å². The van der Waals surface area contributed by atoms with Crippen LogP contribution in [0.1, 0.15) is 37.0 Å². The molecule has 8 heteroatoms. The summed E-state index contributed by atoms with van der Waals surface area (Å²) < 4.78 is 10.5. The van der Waals surface area contributed by atoms with E-state index >= 15 is 0 Å². The average molecular weight is 384 g/mol. The molecule has 3 saturated heterocycles. The van der Waals surface area contributed by atoms with Crippen molar-refractivity contribution in [1.29, 1.82) is 0 Å². The monoisotopic (exact) mass is 384 g/mol. The summed E-state index contributed by atoms with van der Waals surface area (Å²) in [7, 11) is 0. The van der Waals surface area contributed by atoms with Crippen molar-refractivity contribution in [3.63, 3.8) is 0 Å². The van der Waals surface area contributed by atoms with Crippen LogP contribution in [-0.4, -0.2) is 47.0 Å². The molecule has 0 radical (unpaired) electrons. The highest BCUT2D eigenvalue weighted by atomic mass is 16.5. The summed E-state index contributed by atoms with van der Waals surface area (Å²) in [4.78, 5) is 26.1. The first-order chi connectivity index (χ1) is 13.5. The maximum atomic E-state index is 12.7. The number of piperidine rings is 3. The molecule has 2 bridgehead atoms. The molecule has 28 heavy (non-hydrogen) atoms. The second-order valence-corrected chi connectivity index (χ2v) is 7.45. The standard InChI is InChI=1S/C20H24N4O4/c1-12-19(14-7-9-24(12)10-8-14)22-20(26)15-3-5-16(6-4-15)27-18-11-17(28-23-18)21-13(2)25/h3-6,11-12,14,19H,7-10H2,1-2H3,(H,21,25)(H,22,26)/t12-,19-/m0/s1. The number of rotatable bonds is 5. The van der Waals surface area contributed by atoms with E-state index in [-0.39, 0.29) is 29.6 Å². The van der Waals surface area contributed by atoms with Gasteiger partial charge in [0.05, 0.1) is 6.07 Å². The van der Waals surface area contributed by atoms with Crippen LogP contribution in [0.15, 0.2) is 34.9 Å². The highest BCUT2D eigenvalue weighted by Crippen LogP contribution is 2.32. The molecule has 4 heterocycles. The van der Waals surface area contributed by atoms with Crippen molar-refractivity contribution < 1.29 is 18.8 Å². The number of ether oxygens (including phenoxy) is 1. The van der Waals surface area contributed by atoms with Crippen molar-refractivity contribution in [3.8, 4) is 11.6 Å². The molecule has 1 aromatic heterocycles. The average Bonchev–Trinajstić information content (AvgIpc) is 3.11. The third-order valence-corrected chi connectivity index (χ3v) is 5.60. The second-order valence-electron chi connectivity index (χ2n) is 7.45. The lowest BCUT2D eigenvalue weighted by atomic mass is 9.79. The fourth-order valence-electron chi connectivity index (χ4n) is 4.11. The summed E-state index contributed by atoms with van der Waals surface area (Å²) in [5.74, 6) is 1.21. The largest absolute Gasteiger partial charge is 0.436 e. The Morgan fingerprint density at radius 3 is 2.57 bits per heavy atom. The zero-order chi connectivity index (χ0) is 19.7. The van der Waals surface area contributed by atoms with Crippen LogP contribution in [0, 0.1) is 5.92 Å². The minimum absolute atomic E-state index is 0.0634. The summed E-state index contributed by atoms with van der Waals surface area (Å²) in [6.45, 7) is 5.84. The van der Waals surface area contributed by atoms with Gasteiger partial charge in [-0.1, -0.05) is 0 Å². The van der Waals surface area contributed by atoms with Crippen LogP contribution < -0.4 is 15.4 Å². The van der Waals surface area contributed by atoms with Gasteiger partial charge in [-0.2, -0.15) is 0 Å². The quantitative estimate of drug-likeness (QED) is 0.823. The smallest absolute Gasteiger partial charge is 0.261 e. The van der Waals surface area contributed by atoms with Gasteiger partial charge in [-0.3, -0.25) is 19.8 Å². The Hall–Kier alpha value is -2.87. The summed E-state index contributed by atoms with van der Waals surface area (Å²) in [6.07, 6.45) is 2.31. The molecule has 0 unspecified atom stereocenters.